The molecule has 1 aliphatic rings. The van der Waals surface area contributed by atoms with Crippen molar-refractivity contribution in [2.75, 3.05) is 12.0 Å². The lowest BCUT2D eigenvalue weighted by molar-refractivity contribution is -0.143. The van der Waals surface area contributed by atoms with Gasteiger partial charge in [-0.25, -0.2) is 9.78 Å². The lowest BCUT2D eigenvalue weighted by Crippen LogP contribution is -2.50. The number of hydrogen-bond acceptors (Lipinski definition) is 6. The number of carbonyl (C=O) groups is 1. The van der Waals surface area contributed by atoms with Crippen LogP contribution >= 0.6 is 0 Å². The molecule has 7 nitrogen and oxygen atoms in total. The number of rotatable bonds is 4. The van der Waals surface area contributed by atoms with E-state index in [1.54, 1.807) is 18.3 Å². The summed E-state index contributed by atoms with van der Waals surface area (Å²) in [6.45, 7) is 6.46. The number of nitrogens with one attached hydrogen (secondary N) is 1. The molecule has 156 valence electrons. The van der Waals surface area contributed by atoms with E-state index >= 15 is 0 Å². The van der Waals surface area contributed by atoms with Crippen LogP contribution in [0.1, 0.15) is 37.9 Å². The van der Waals surface area contributed by atoms with Gasteiger partial charge in [-0.15, -0.1) is 0 Å². The van der Waals surface area contributed by atoms with Gasteiger partial charge in [0.05, 0.1) is 18.7 Å². The van der Waals surface area contributed by atoms with Crippen LogP contribution in [0, 0.1) is 0 Å². The number of ether oxygens (including phenoxy) is 1. The minimum atomic E-state index is -0.706. The Morgan fingerprint density at radius 3 is 2.50 bits per heavy atom. The van der Waals surface area contributed by atoms with Crippen LogP contribution in [0.4, 0.5) is 5.82 Å². The SMILES string of the molecule is COC(=O)[C@H]1[C@H](NC(C)(C)C)c2c(nc3ccccn3c2=O)N1Cc1ccccc1. The fourth-order valence-electron chi connectivity index (χ4n) is 4.01. The van der Waals surface area contributed by atoms with Crippen molar-refractivity contribution in [1.82, 2.24) is 14.7 Å². The van der Waals surface area contributed by atoms with Gasteiger partial charge in [-0.1, -0.05) is 36.4 Å². The molecular weight excluding hydrogens is 380 g/mol. The molecule has 0 fully saturated rings. The first-order valence-electron chi connectivity index (χ1n) is 9.97. The Labute approximate surface area is 175 Å². The summed E-state index contributed by atoms with van der Waals surface area (Å²) < 4.78 is 6.68. The minimum Gasteiger partial charge on any atom is -0.467 e. The third-order valence-electron chi connectivity index (χ3n) is 5.21. The van der Waals surface area contributed by atoms with Gasteiger partial charge in [-0.2, -0.15) is 0 Å². The van der Waals surface area contributed by atoms with Gasteiger partial charge < -0.3 is 15.0 Å². The molecule has 1 N–H and O–H groups in total. The second kappa shape index (κ2) is 7.57. The van der Waals surface area contributed by atoms with Crippen LogP contribution in [0.25, 0.3) is 5.65 Å². The number of carbonyl (C=O) groups excluding carboxylic acids is 1. The van der Waals surface area contributed by atoms with Crippen molar-refractivity contribution in [3.8, 4) is 0 Å². The van der Waals surface area contributed by atoms with Gasteiger partial charge in [-0.05, 0) is 38.5 Å². The summed E-state index contributed by atoms with van der Waals surface area (Å²) in [5, 5.41) is 3.47. The van der Waals surface area contributed by atoms with Crippen molar-refractivity contribution in [2.45, 2.75) is 44.9 Å². The molecule has 4 rings (SSSR count). The summed E-state index contributed by atoms with van der Waals surface area (Å²) in [7, 11) is 1.37. The number of pyridine rings is 1. The smallest absolute Gasteiger partial charge is 0.330 e. The first-order chi connectivity index (χ1) is 14.3. The number of methoxy groups -OCH3 is 1. The van der Waals surface area contributed by atoms with Gasteiger partial charge in [0.2, 0.25) is 0 Å². The van der Waals surface area contributed by atoms with Crippen LogP contribution < -0.4 is 15.8 Å². The van der Waals surface area contributed by atoms with Gasteiger partial charge in [0, 0.05) is 18.3 Å². The van der Waals surface area contributed by atoms with Gasteiger partial charge in [-0.3, -0.25) is 9.20 Å². The number of esters is 1. The van der Waals surface area contributed by atoms with Crippen molar-refractivity contribution in [2.24, 2.45) is 0 Å². The molecule has 0 unspecified atom stereocenters. The normalized spacial score (nSPS) is 18.5. The highest BCUT2D eigenvalue weighted by Gasteiger charge is 2.48. The fraction of sp³-hybridized carbons (Fsp3) is 0.348. The molecule has 2 aromatic heterocycles. The van der Waals surface area contributed by atoms with Crippen LogP contribution in [0.2, 0.25) is 0 Å². The van der Waals surface area contributed by atoms with Crippen LogP contribution in [-0.4, -0.2) is 34.0 Å². The highest BCUT2D eigenvalue weighted by molar-refractivity contribution is 5.84. The third kappa shape index (κ3) is 3.57. The molecule has 0 saturated heterocycles. The van der Waals surface area contributed by atoms with Crippen LogP contribution in [0.5, 0.6) is 0 Å². The quantitative estimate of drug-likeness (QED) is 0.672. The van der Waals surface area contributed by atoms with E-state index in [4.69, 9.17) is 9.72 Å². The van der Waals surface area contributed by atoms with Crippen molar-refractivity contribution >= 4 is 17.4 Å². The average molecular weight is 406 g/mol. The van der Waals surface area contributed by atoms with Crippen molar-refractivity contribution in [3.63, 3.8) is 0 Å². The topological polar surface area (TPSA) is 75.9 Å². The summed E-state index contributed by atoms with van der Waals surface area (Å²) in [6.07, 6.45) is 1.70. The predicted octanol–water partition coefficient (Wildman–Crippen LogP) is 2.69. The summed E-state index contributed by atoms with van der Waals surface area (Å²) in [5.74, 6) is 0.117. The van der Waals surface area contributed by atoms with Crippen LogP contribution in [0.15, 0.2) is 59.5 Å². The van der Waals surface area contributed by atoms with E-state index in [1.807, 2.05) is 62.1 Å². The van der Waals surface area contributed by atoms with E-state index in [-0.39, 0.29) is 11.1 Å². The summed E-state index contributed by atoms with van der Waals surface area (Å²) >= 11 is 0. The number of anilines is 1. The molecule has 30 heavy (non-hydrogen) atoms. The van der Waals surface area contributed by atoms with E-state index in [9.17, 15) is 9.59 Å². The number of nitrogens with zero attached hydrogens (tertiary/aromatic N) is 3. The Bertz CT molecular complexity index is 1130. The molecule has 0 amide bonds. The highest BCUT2D eigenvalue weighted by atomic mass is 16.5. The number of benzene rings is 1. The molecule has 2 atom stereocenters. The van der Waals surface area contributed by atoms with E-state index in [0.29, 0.717) is 23.6 Å². The predicted molar refractivity (Wildman–Crippen MR) is 116 cm³/mol. The second-order valence-electron chi connectivity index (χ2n) is 8.54. The molecule has 1 aromatic carbocycles. The van der Waals surface area contributed by atoms with Gasteiger partial charge in [0.15, 0.2) is 0 Å². The maximum Gasteiger partial charge on any atom is 0.330 e. The van der Waals surface area contributed by atoms with Crippen molar-refractivity contribution in [3.05, 3.63) is 76.2 Å². The fourth-order valence-corrected chi connectivity index (χ4v) is 4.01. The van der Waals surface area contributed by atoms with Crippen LogP contribution in [0.3, 0.4) is 0 Å². The maximum absolute atomic E-state index is 13.5. The molecule has 3 heterocycles. The van der Waals surface area contributed by atoms with Crippen molar-refractivity contribution < 1.29 is 9.53 Å². The molecule has 0 spiro atoms. The Kier molecular flexibility index (Phi) is 5.07. The Hall–Kier alpha value is -3.19. The average Bonchev–Trinajstić information content (AvgIpc) is 3.00. The Morgan fingerprint density at radius 2 is 1.83 bits per heavy atom. The number of hydrogen-bond donors (Lipinski definition) is 1. The zero-order chi connectivity index (χ0) is 21.5. The third-order valence-corrected chi connectivity index (χ3v) is 5.21. The largest absolute Gasteiger partial charge is 0.467 e. The standard InChI is InChI=1S/C23H26N4O3/c1-23(2,3)25-18-17-20(24-16-12-8-9-13-26(16)21(17)28)27(19(18)22(29)30-4)14-15-10-6-5-7-11-15/h5-13,18-19,25H,14H2,1-4H3/t18-,19-/m1/s1. The summed E-state index contributed by atoms with van der Waals surface area (Å²) in [4.78, 5) is 33.1. The zero-order valence-electron chi connectivity index (χ0n) is 17.6. The molecule has 1 aliphatic heterocycles. The van der Waals surface area contributed by atoms with Gasteiger partial charge >= 0.3 is 5.97 Å². The monoisotopic (exact) mass is 406 g/mol. The van der Waals surface area contributed by atoms with E-state index in [0.717, 1.165) is 5.56 Å². The summed E-state index contributed by atoms with van der Waals surface area (Å²) in [6, 6.07) is 14.0. The molecular formula is C23H26N4O3. The lowest BCUT2D eigenvalue weighted by atomic mass is 9.99. The van der Waals surface area contributed by atoms with E-state index in [1.165, 1.54) is 11.5 Å². The van der Waals surface area contributed by atoms with E-state index in [2.05, 4.69) is 5.32 Å². The number of fused-ring (bicyclic) bond motifs is 2. The molecule has 0 radical (unpaired) electrons. The molecule has 0 saturated carbocycles. The molecule has 7 heteroatoms. The Balaban J connectivity index is 1.95. The van der Waals surface area contributed by atoms with Crippen LogP contribution in [-0.2, 0) is 16.1 Å². The zero-order valence-corrected chi connectivity index (χ0v) is 17.6. The first kappa shape index (κ1) is 20.1. The maximum atomic E-state index is 13.5. The lowest BCUT2D eigenvalue weighted by Gasteiger charge is -2.32. The summed E-state index contributed by atoms with van der Waals surface area (Å²) in [5.41, 5.74) is 1.53. The van der Waals surface area contributed by atoms with Gasteiger partial charge in [0.1, 0.15) is 17.5 Å². The minimum absolute atomic E-state index is 0.179. The second-order valence-corrected chi connectivity index (χ2v) is 8.54. The highest BCUT2D eigenvalue weighted by Crippen LogP contribution is 2.39. The first-order valence-corrected chi connectivity index (χ1v) is 9.97. The van der Waals surface area contributed by atoms with Crippen molar-refractivity contribution in [1.29, 1.82) is 0 Å². The van der Waals surface area contributed by atoms with Gasteiger partial charge in [0.25, 0.3) is 5.56 Å². The Morgan fingerprint density at radius 1 is 1.13 bits per heavy atom. The van der Waals surface area contributed by atoms with E-state index < -0.39 is 18.1 Å². The molecule has 0 bridgehead atoms. The molecule has 3 aromatic rings. The molecule has 0 aliphatic carbocycles. The number of aromatic nitrogens is 2.